The third-order valence-electron chi connectivity index (χ3n) is 2.96. The van der Waals surface area contributed by atoms with E-state index in [9.17, 15) is 5.11 Å². The van der Waals surface area contributed by atoms with Gasteiger partial charge in [-0.05, 0) is 0 Å². The van der Waals surface area contributed by atoms with E-state index in [0.717, 1.165) is 0 Å². The Hall–Kier alpha value is 0.274. The van der Waals surface area contributed by atoms with Crippen LogP contribution in [0.5, 0.6) is 0 Å². The highest BCUT2D eigenvalue weighted by atomic mass is 28.4. The number of aliphatic hydroxyl groups is 1. The summed E-state index contributed by atoms with van der Waals surface area (Å²) in [6.45, 7) is 6.26. The Balaban J connectivity index is 4.84. The van der Waals surface area contributed by atoms with Crippen LogP contribution in [0.4, 0.5) is 0 Å². The Kier molecular flexibility index (Phi) is 5.49. The van der Waals surface area contributed by atoms with Gasteiger partial charge >= 0.3 is 8.80 Å². The van der Waals surface area contributed by atoms with Gasteiger partial charge in [0, 0.05) is 32.7 Å². The first kappa shape index (κ1) is 14.3. The van der Waals surface area contributed by atoms with Crippen molar-refractivity contribution in [3.63, 3.8) is 0 Å². The molecule has 0 aromatic carbocycles. The summed E-state index contributed by atoms with van der Waals surface area (Å²) in [7, 11) is 0.514. The van der Waals surface area contributed by atoms with Crippen molar-refractivity contribution in [1.82, 2.24) is 0 Å². The van der Waals surface area contributed by atoms with Crippen LogP contribution in [0.25, 0.3) is 0 Å². The van der Waals surface area contributed by atoms with E-state index in [1.54, 1.807) is 21.3 Å². The van der Waals surface area contributed by atoms with Crippen LogP contribution < -0.4 is 0 Å². The van der Waals surface area contributed by atoms with Crippen LogP contribution in [-0.4, -0.2) is 49.5 Å². The quantitative estimate of drug-likeness (QED) is 0.702. The predicted molar refractivity (Wildman–Crippen MR) is 60.8 cm³/mol. The summed E-state index contributed by atoms with van der Waals surface area (Å²) in [6, 6.07) is 0. The molecule has 0 saturated heterocycles. The van der Waals surface area contributed by atoms with Crippen molar-refractivity contribution < 1.29 is 18.4 Å². The van der Waals surface area contributed by atoms with Gasteiger partial charge in [-0.1, -0.05) is 20.0 Å². The molecule has 0 fully saturated rings. The Morgan fingerprint density at radius 3 is 1.64 bits per heavy atom. The second-order valence-corrected chi connectivity index (χ2v) is 13.1. The molecule has 0 heterocycles. The fourth-order valence-electron chi connectivity index (χ4n) is 1.40. The van der Waals surface area contributed by atoms with E-state index in [1.165, 1.54) is 0 Å². The summed E-state index contributed by atoms with van der Waals surface area (Å²) in [4.78, 5) is 0. The molecule has 0 spiro atoms. The van der Waals surface area contributed by atoms with Gasteiger partial charge in [0.2, 0.25) is 0 Å². The molecule has 6 heteroatoms. The number of hydrogen-bond donors (Lipinski definition) is 1. The van der Waals surface area contributed by atoms with Crippen LogP contribution in [-0.2, 0) is 13.3 Å². The van der Waals surface area contributed by atoms with E-state index in [4.69, 9.17) is 13.3 Å². The van der Waals surface area contributed by atoms with Crippen molar-refractivity contribution in [2.45, 2.75) is 25.2 Å². The first-order valence-electron chi connectivity index (χ1n) is 4.66. The molecule has 1 unspecified atom stereocenters. The molecule has 0 saturated carbocycles. The molecule has 0 radical (unpaired) electrons. The fourth-order valence-corrected chi connectivity index (χ4v) is 8.39. The van der Waals surface area contributed by atoms with Crippen LogP contribution in [0.15, 0.2) is 0 Å². The van der Waals surface area contributed by atoms with E-state index in [-0.39, 0.29) is 11.4 Å². The highest BCUT2D eigenvalue weighted by molar-refractivity contribution is 6.91. The minimum Gasteiger partial charge on any atom is -0.400 e. The molecule has 1 atom stereocenters. The maximum absolute atomic E-state index is 9.33. The molecule has 0 aromatic rings. The molecule has 0 rings (SSSR count). The summed E-state index contributed by atoms with van der Waals surface area (Å²) in [5.41, 5.74) is 0. The number of rotatable bonds is 6. The van der Waals surface area contributed by atoms with Gasteiger partial charge in [0.1, 0.15) is 0 Å². The minimum atomic E-state index is -2.58. The third-order valence-corrected chi connectivity index (χ3v) is 12.3. The van der Waals surface area contributed by atoms with Gasteiger partial charge in [-0.25, -0.2) is 0 Å². The standard InChI is InChI=1S/C8H22O4Si2/c1-8(13(5,6)7-9)14(10-2,11-3)12-4/h8-9H,7H2,1-6H3. The molecule has 14 heavy (non-hydrogen) atoms. The first-order valence-corrected chi connectivity index (χ1v) is 9.75. The number of hydrogen-bond acceptors (Lipinski definition) is 4. The molecule has 0 aromatic heterocycles. The van der Waals surface area contributed by atoms with Crippen LogP contribution in [0, 0.1) is 0 Å². The highest BCUT2D eigenvalue weighted by Gasteiger charge is 2.52. The fraction of sp³-hybridized carbons (Fsp3) is 1.00. The maximum Gasteiger partial charge on any atom is 0.500 e. The molecule has 0 aliphatic rings. The van der Waals surface area contributed by atoms with Crippen molar-refractivity contribution in [3.8, 4) is 0 Å². The first-order chi connectivity index (χ1) is 6.40. The van der Waals surface area contributed by atoms with Crippen LogP contribution in [0.2, 0.25) is 18.3 Å². The van der Waals surface area contributed by atoms with Crippen molar-refractivity contribution in [2.24, 2.45) is 0 Å². The molecule has 4 nitrogen and oxygen atoms in total. The zero-order chi connectivity index (χ0) is 11.4. The van der Waals surface area contributed by atoms with Crippen molar-refractivity contribution in [3.05, 3.63) is 0 Å². The van der Waals surface area contributed by atoms with Gasteiger partial charge in [-0.3, -0.25) is 0 Å². The molecular weight excluding hydrogens is 216 g/mol. The van der Waals surface area contributed by atoms with E-state index >= 15 is 0 Å². The Labute approximate surface area is 88.6 Å². The Morgan fingerprint density at radius 2 is 1.43 bits per heavy atom. The molecule has 86 valence electrons. The van der Waals surface area contributed by atoms with E-state index in [1.807, 2.05) is 6.92 Å². The summed E-state index contributed by atoms with van der Waals surface area (Å²) in [6.07, 6.45) is 0.221. The van der Waals surface area contributed by atoms with Gasteiger partial charge in [0.15, 0.2) is 0 Å². The highest BCUT2D eigenvalue weighted by Crippen LogP contribution is 2.32. The smallest absolute Gasteiger partial charge is 0.400 e. The average molecular weight is 238 g/mol. The van der Waals surface area contributed by atoms with Gasteiger partial charge < -0.3 is 18.4 Å². The molecule has 1 N–H and O–H groups in total. The Bertz CT molecular complexity index is 162. The largest absolute Gasteiger partial charge is 0.500 e. The molecule has 0 bridgehead atoms. The number of aliphatic hydroxyl groups excluding tert-OH is 1. The molecular formula is C8H22O4Si2. The lowest BCUT2D eigenvalue weighted by molar-refractivity contribution is 0.120. The van der Waals surface area contributed by atoms with Crippen molar-refractivity contribution in [1.29, 1.82) is 0 Å². The maximum atomic E-state index is 9.33. The summed E-state index contributed by atoms with van der Waals surface area (Å²) in [5.74, 6) is 0. The third kappa shape index (κ3) is 2.65. The van der Waals surface area contributed by atoms with E-state index in [2.05, 4.69) is 13.1 Å². The minimum absolute atomic E-state index is 0.181. The molecule has 0 aliphatic heterocycles. The Morgan fingerprint density at radius 1 is 1.07 bits per heavy atom. The average Bonchev–Trinajstić information content (AvgIpc) is 2.21. The lowest BCUT2D eigenvalue weighted by Gasteiger charge is -2.37. The van der Waals surface area contributed by atoms with Gasteiger partial charge in [-0.15, -0.1) is 0 Å². The van der Waals surface area contributed by atoms with Crippen molar-refractivity contribution in [2.75, 3.05) is 27.6 Å². The van der Waals surface area contributed by atoms with E-state index < -0.39 is 16.9 Å². The van der Waals surface area contributed by atoms with Gasteiger partial charge in [-0.2, -0.15) is 0 Å². The summed E-state index contributed by atoms with van der Waals surface area (Å²) >= 11 is 0. The molecule has 0 amide bonds. The SMILES string of the molecule is CO[Si](OC)(OC)C(C)[Si](C)(C)CO. The monoisotopic (exact) mass is 238 g/mol. The van der Waals surface area contributed by atoms with Gasteiger partial charge in [0.25, 0.3) is 0 Å². The normalized spacial score (nSPS) is 15.6. The van der Waals surface area contributed by atoms with Crippen LogP contribution >= 0.6 is 0 Å². The topological polar surface area (TPSA) is 47.9 Å². The second kappa shape index (κ2) is 5.38. The van der Waals surface area contributed by atoms with Crippen LogP contribution in [0.3, 0.4) is 0 Å². The summed E-state index contributed by atoms with van der Waals surface area (Å²) < 4.78 is 16.2. The van der Waals surface area contributed by atoms with Crippen molar-refractivity contribution >= 4 is 16.9 Å². The van der Waals surface area contributed by atoms with E-state index in [0.29, 0.717) is 0 Å². The predicted octanol–water partition coefficient (Wildman–Crippen LogP) is 1.03. The molecule has 0 aliphatic carbocycles. The lowest BCUT2D eigenvalue weighted by Crippen LogP contribution is -2.56. The summed E-state index contributed by atoms with van der Waals surface area (Å²) in [5, 5.41) is 9.51. The second-order valence-electron chi connectivity index (χ2n) is 4.08. The van der Waals surface area contributed by atoms with Gasteiger partial charge in [0.05, 0.1) is 8.07 Å². The van der Waals surface area contributed by atoms with Crippen LogP contribution in [0.1, 0.15) is 6.92 Å². The zero-order valence-electron chi connectivity index (χ0n) is 9.96. The lowest BCUT2D eigenvalue weighted by atomic mass is 10.9. The zero-order valence-corrected chi connectivity index (χ0v) is 12.0.